The van der Waals surface area contributed by atoms with Crippen molar-refractivity contribution in [3.63, 3.8) is 0 Å². The summed E-state index contributed by atoms with van der Waals surface area (Å²) in [6, 6.07) is 23.9. The third-order valence-electron chi connectivity index (χ3n) is 6.35. The van der Waals surface area contributed by atoms with Gasteiger partial charge in [0, 0.05) is 32.6 Å². The van der Waals surface area contributed by atoms with Crippen LogP contribution in [-0.2, 0) is 6.61 Å². The summed E-state index contributed by atoms with van der Waals surface area (Å²) in [6.07, 6.45) is 1.33. The molecule has 0 unspecified atom stereocenters. The molecule has 0 aliphatic heterocycles. The maximum absolute atomic E-state index is 13.5. The Morgan fingerprint density at radius 2 is 1.83 bits per heavy atom. The van der Waals surface area contributed by atoms with Gasteiger partial charge in [0.25, 0.3) is 5.56 Å². The first-order valence-corrected chi connectivity index (χ1v) is 13.9. The second-order valence-electron chi connectivity index (χ2n) is 9.10. The number of hydrogen-bond donors (Lipinski definition) is 0. The lowest BCUT2D eigenvalue weighted by Gasteiger charge is -2.11. The Bertz CT molecular complexity index is 2080. The summed E-state index contributed by atoms with van der Waals surface area (Å²) in [5.41, 5.74) is 1.30. The van der Waals surface area contributed by atoms with Crippen molar-refractivity contribution in [1.29, 1.82) is 0 Å². The van der Waals surface area contributed by atoms with Crippen molar-refractivity contribution in [2.45, 2.75) is 6.61 Å². The van der Waals surface area contributed by atoms with Crippen molar-refractivity contribution in [3.8, 4) is 17.3 Å². The monoisotopic (exact) mass is 662 g/mol. The van der Waals surface area contributed by atoms with Crippen LogP contribution in [0.4, 0.5) is 5.69 Å². The Labute approximate surface area is 255 Å². The van der Waals surface area contributed by atoms with Gasteiger partial charge in [-0.25, -0.2) is 4.98 Å². The van der Waals surface area contributed by atoms with Crippen molar-refractivity contribution in [1.82, 2.24) is 9.66 Å². The van der Waals surface area contributed by atoms with Crippen molar-refractivity contribution in [2.75, 3.05) is 0 Å². The second-order valence-corrected chi connectivity index (χ2v) is 10.8. The van der Waals surface area contributed by atoms with Gasteiger partial charge in [-0.2, -0.15) is 9.78 Å². The van der Waals surface area contributed by atoms with Crippen molar-refractivity contribution in [3.05, 3.63) is 131 Å². The van der Waals surface area contributed by atoms with Crippen LogP contribution in [0, 0.1) is 10.1 Å². The van der Waals surface area contributed by atoms with Gasteiger partial charge >= 0.3 is 5.69 Å². The number of benzene rings is 4. The van der Waals surface area contributed by atoms with Gasteiger partial charge in [-0.15, -0.1) is 0 Å². The highest BCUT2D eigenvalue weighted by Gasteiger charge is 2.21. The summed E-state index contributed by atoms with van der Waals surface area (Å²) >= 11 is 15.6. The van der Waals surface area contributed by atoms with Gasteiger partial charge in [-0.1, -0.05) is 59.6 Å². The first-order chi connectivity index (χ1) is 20.3. The number of nitrogens with zero attached hydrogens (tertiary/aromatic N) is 4. The first kappa shape index (κ1) is 27.6. The lowest BCUT2D eigenvalue weighted by atomic mass is 10.2. The van der Waals surface area contributed by atoms with E-state index < -0.39 is 10.5 Å². The number of aromatic nitrogens is 2. The molecule has 0 atom stereocenters. The smallest absolute Gasteiger partial charge is 0.312 e. The Morgan fingerprint density at radius 1 is 1.05 bits per heavy atom. The molecule has 0 saturated heterocycles. The zero-order valence-corrected chi connectivity index (χ0v) is 24.4. The number of nitro groups is 1. The number of nitro benzene ring substituents is 1. The number of hydrogen-bond acceptors (Lipinski definition) is 7. The van der Waals surface area contributed by atoms with Gasteiger partial charge in [-0.05, 0) is 58.4 Å². The molecular weight excluding hydrogens is 647 g/mol. The van der Waals surface area contributed by atoms with Gasteiger partial charge in [0.15, 0.2) is 5.76 Å². The van der Waals surface area contributed by atoms with Crippen LogP contribution in [0.3, 0.4) is 0 Å². The summed E-state index contributed by atoms with van der Waals surface area (Å²) in [5, 5.41) is 18.4. The van der Waals surface area contributed by atoms with Gasteiger partial charge < -0.3 is 9.15 Å². The van der Waals surface area contributed by atoms with E-state index in [0.717, 1.165) is 10.1 Å². The fourth-order valence-electron chi connectivity index (χ4n) is 4.35. The van der Waals surface area contributed by atoms with Crippen molar-refractivity contribution >= 4 is 72.9 Å². The number of rotatable bonds is 7. The second kappa shape index (κ2) is 11.4. The molecular formula is C30H17BrCl2N4O5. The summed E-state index contributed by atoms with van der Waals surface area (Å²) < 4.78 is 13.2. The maximum Gasteiger partial charge on any atom is 0.312 e. The Morgan fingerprint density at radius 3 is 2.62 bits per heavy atom. The summed E-state index contributed by atoms with van der Waals surface area (Å²) in [6.45, 7) is -0.0259. The molecule has 0 bridgehead atoms. The van der Waals surface area contributed by atoms with Crippen LogP contribution in [0.5, 0.6) is 5.75 Å². The Hall–Kier alpha value is -4.51. The third kappa shape index (κ3) is 5.39. The van der Waals surface area contributed by atoms with Gasteiger partial charge in [0.2, 0.25) is 11.6 Å². The number of ether oxygens (including phenoxy) is 1. The van der Waals surface area contributed by atoms with Crippen LogP contribution < -0.4 is 10.3 Å². The van der Waals surface area contributed by atoms with Crippen molar-refractivity contribution < 1.29 is 14.1 Å². The predicted molar refractivity (Wildman–Crippen MR) is 166 cm³/mol. The fourth-order valence-corrected chi connectivity index (χ4v) is 5.39. The zero-order valence-electron chi connectivity index (χ0n) is 21.3. The molecule has 6 aromatic rings. The van der Waals surface area contributed by atoms with Crippen LogP contribution in [-0.4, -0.2) is 20.8 Å². The molecule has 0 saturated carbocycles. The third-order valence-corrected chi connectivity index (χ3v) is 7.53. The van der Waals surface area contributed by atoms with Crippen LogP contribution in [0.25, 0.3) is 33.5 Å². The largest absolute Gasteiger partial charge is 0.481 e. The van der Waals surface area contributed by atoms with Gasteiger partial charge in [-0.3, -0.25) is 14.9 Å². The van der Waals surface area contributed by atoms with Crippen molar-refractivity contribution in [2.24, 2.45) is 5.10 Å². The topological polar surface area (TPSA) is 113 Å². The molecule has 42 heavy (non-hydrogen) atoms. The van der Waals surface area contributed by atoms with E-state index in [9.17, 15) is 14.9 Å². The highest BCUT2D eigenvalue weighted by atomic mass is 79.9. The van der Waals surface area contributed by atoms with Crippen LogP contribution >= 0.6 is 39.1 Å². The molecule has 4 aromatic carbocycles. The van der Waals surface area contributed by atoms with Crippen LogP contribution in [0.2, 0.25) is 10.0 Å². The van der Waals surface area contributed by atoms with E-state index in [2.05, 4.69) is 26.0 Å². The number of furan rings is 1. The minimum atomic E-state index is -0.565. The molecule has 9 nitrogen and oxygen atoms in total. The molecule has 0 spiro atoms. The molecule has 2 heterocycles. The van der Waals surface area contributed by atoms with E-state index in [1.807, 2.05) is 24.3 Å². The van der Waals surface area contributed by atoms with E-state index >= 15 is 0 Å². The van der Waals surface area contributed by atoms with Gasteiger partial charge in [0.1, 0.15) is 12.2 Å². The Balaban J connectivity index is 1.41. The van der Waals surface area contributed by atoms with Crippen LogP contribution in [0.1, 0.15) is 11.1 Å². The summed E-state index contributed by atoms with van der Waals surface area (Å²) in [4.78, 5) is 29.6. The lowest BCUT2D eigenvalue weighted by Crippen LogP contribution is -2.20. The average molecular weight is 664 g/mol. The number of para-hydroxylation sites is 2. The summed E-state index contributed by atoms with van der Waals surface area (Å²) in [7, 11) is 0. The predicted octanol–water partition coefficient (Wildman–Crippen LogP) is 8.25. The van der Waals surface area contributed by atoms with E-state index in [0.29, 0.717) is 47.9 Å². The number of fused-ring (bicyclic) bond motifs is 2. The molecule has 6 rings (SSSR count). The average Bonchev–Trinajstić information content (AvgIpc) is 3.41. The minimum absolute atomic E-state index is 0.00988. The number of halogens is 3. The lowest BCUT2D eigenvalue weighted by molar-refractivity contribution is -0.386. The molecule has 0 fully saturated rings. The SMILES string of the molecule is O=c1c2ccccc2nc(-c2cc3ccccc3o2)n1N=Cc1cc(Br)c(OCc2ccc(Cl)cc2Cl)c([N+](=O)[O-])c1. The van der Waals surface area contributed by atoms with Crippen LogP contribution in [0.15, 0.2) is 104 Å². The molecule has 208 valence electrons. The molecule has 0 aliphatic carbocycles. The zero-order chi connectivity index (χ0) is 29.4. The quantitative estimate of drug-likeness (QED) is 0.0966. The van der Waals surface area contributed by atoms with E-state index in [1.54, 1.807) is 54.6 Å². The molecule has 12 heteroatoms. The molecule has 0 N–H and O–H groups in total. The Kier molecular flexibility index (Phi) is 7.51. The van der Waals surface area contributed by atoms with E-state index in [-0.39, 0.29) is 23.9 Å². The summed E-state index contributed by atoms with van der Waals surface area (Å²) in [5.74, 6) is 0.531. The van der Waals surface area contributed by atoms with Gasteiger partial charge in [0.05, 0.1) is 26.5 Å². The maximum atomic E-state index is 13.5. The molecule has 2 aromatic heterocycles. The molecule has 0 amide bonds. The standard InChI is InChI=1S/C30H17BrCl2N4O5/c31-22-11-17(12-25(37(39)40)28(22)41-16-19-9-10-20(32)14-23(19)33)15-34-36-29(27-13-18-5-1-4-8-26(18)42-27)35-24-7-3-2-6-21(24)30(36)38/h1-15H,16H2. The normalized spacial score (nSPS) is 11.5. The van der Waals surface area contributed by atoms with E-state index in [4.69, 9.17) is 32.4 Å². The molecule has 0 aliphatic rings. The highest BCUT2D eigenvalue weighted by Crippen LogP contribution is 2.37. The highest BCUT2D eigenvalue weighted by molar-refractivity contribution is 9.10. The fraction of sp³-hybridized carbons (Fsp3) is 0.0333. The first-order valence-electron chi connectivity index (χ1n) is 12.4. The van der Waals surface area contributed by atoms with E-state index in [1.165, 1.54) is 12.3 Å². The molecule has 0 radical (unpaired) electrons. The minimum Gasteiger partial charge on any atom is -0.481 e.